The van der Waals surface area contributed by atoms with Gasteiger partial charge in [-0.2, -0.15) is 4.98 Å². The van der Waals surface area contributed by atoms with E-state index in [4.69, 9.17) is 4.52 Å². The van der Waals surface area contributed by atoms with Crippen molar-refractivity contribution in [1.29, 1.82) is 0 Å². The van der Waals surface area contributed by atoms with E-state index < -0.39 is 0 Å². The van der Waals surface area contributed by atoms with Crippen LogP contribution in [0.25, 0.3) is 0 Å². The largest absolute Gasteiger partial charge is 0.339 e. The lowest BCUT2D eigenvalue weighted by Crippen LogP contribution is -2.29. The minimum atomic E-state index is 0.347. The average molecular weight is 379 g/mol. The van der Waals surface area contributed by atoms with Crippen LogP contribution < -0.4 is 0 Å². The first-order chi connectivity index (χ1) is 12.2. The van der Waals surface area contributed by atoms with Crippen molar-refractivity contribution in [1.82, 2.24) is 18.8 Å². The molecule has 136 valence electrons. The predicted molar refractivity (Wildman–Crippen MR) is 104 cm³/mol. The number of hydrogen-bond acceptors (Lipinski definition) is 7. The van der Waals surface area contributed by atoms with Crippen molar-refractivity contribution < 1.29 is 4.52 Å². The second-order valence-corrected chi connectivity index (χ2v) is 8.52. The molecule has 0 aliphatic carbocycles. The minimum Gasteiger partial charge on any atom is -0.339 e. The maximum absolute atomic E-state index is 5.37. The van der Waals surface area contributed by atoms with Crippen molar-refractivity contribution >= 4 is 23.9 Å². The lowest BCUT2D eigenvalue weighted by atomic mass is 10.00. The quantitative estimate of drug-likeness (QED) is 0.652. The monoisotopic (exact) mass is 378 g/mol. The Hall–Kier alpha value is -1.02. The second-order valence-electron chi connectivity index (χ2n) is 6.18. The van der Waals surface area contributed by atoms with Gasteiger partial charge in [0.15, 0.2) is 5.82 Å². The van der Waals surface area contributed by atoms with E-state index in [0.717, 1.165) is 50.7 Å². The smallest absolute Gasteiger partial charge is 0.231 e. The highest BCUT2D eigenvalue weighted by molar-refractivity contribution is 7.97. The summed E-state index contributed by atoms with van der Waals surface area (Å²) in [7, 11) is 0. The van der Waals surface area contributed by atoms with Crippen LogP contribution in [0.4, 0.5) is 0 Å². The van der Waals surface area contributed by atoms with Crippen LogP contribution in [-0.2, 0) is 0 Å². The van der Waals surface area contributed by atoms with E-state index >= 15 is 0 Å². The van der Waals surface area contributed by atoms with E-state index in [2.05, 4.69) is 56.9 Å². The topological polar surface area (TPSA) is 45.4 Å². The van der Waals surface area contributed by atoms with Crippen LogP contribution in [0.15, 0.2) is 38.6 Å². The van der Waals surface area contributed by atoms with E-state index in [0.29, 0.717) is 5.92 Å². The van der Waals surface area contributed by atoms with Crippen molar-refractivity contribution in [3.63, 3.8) is 0 Å². The van der Waals surface area contributed by atoms with Gasteiger partial charge in [-0.1, -0.05) is 19.0 Å². The zero-order chi connectivity index (χ0) is 17.6. The van der Waals surface area contributed by atoms with E-state index in [-0.39, 0.29) is 0 Å². The van der Waals surface area contributed by atoms with Gasteiger partial charge in [0.2, 0.25) is 5.89 Å². The molecule has 5 nitrogen and oxygen atoms in total. The molecule has 1 saturated heterocycles. The van der Waals surface area contributed by atoms with Gasteiger partial charge in [0, 0.05) is 36.0 Å². The molecule has 1 unspecified atom stereocenters. The third-order valence-electron chi connectivity index (χ3n) is 4.27. The maximum atomic E-state index is 5.37. The molecule has 1 aliphatic rings. The molecule has 0 N–H and O–H groups in total. The van der Waals surface area contributed by atoms with Gasteiger partial charge in [0.25, 0.3) is 0 Å². The first kappa shape index (κ1) is 18.8. The first-order valence-corrected chi connectivity index (χ1v) is 10.5. The number of aryl methyl sites for hydroxylation is 1. The summed E-state index contributed by atoms with van der Waals surface area (Å²) in [5.41, 5.74) is 0. The van der Waals surface area contributed by atoms with Crippen molar-refractivity contribution in [2.45, 2.75) is 49.3 Å². The Morgan fingerprint density at radius 2 is 1.92 bits per heavy atom. The number of nitrogens with zero attached hydrogens (tertiary/aromatic N) is 4. The van der Waals surface area contributed by atoms with Crippen LogP contribution in [0.2, 0.25) is 0 Å². The first-order valence-electron chi connectivity index (χ1n) is 8.94. The fraction of sp³-hybridized carbons (Fsp3) is 0.556. The minimum absolute atomic E-state index is 0.347. The molecule has 1 atom stereocenters. The summed E-state index contributed by atoms with van der Waals surface area (Å²) in [5, 5.41) is 3.93. The number of aromatic nitrogens is 2. The van der Waals surface area contributed by atoms with Crippen molar-refractivity contribution in [3.05, 3.63) is 36.0 Å². The van der Waals surface area contributed by atoms with Gasteiger partial charge < -0.3 is 4.52 Å². The third kappa shape index (κ3) is 5.23. The summed E-state index contributed by atoms with van der Waals surface area (Å²) in [5.74, 6) is 1.86. The van der Waals surface area contributed by atoms with Gasteiger partial charge >= 0.3 is 0 Å². The molecule has 2 aromatic rings. The number of hydrogen-bond donors (Lipinski definition) is 0. The van der Waals surface area contributed by atoms with Gasteiger partial charge in [0.05, 0.1) is 5.92 Å². The summed E-state index contributed by atoms with van der Waals surface area (Å²) >= 11 is 3.66. The highest BCUT2D eigenvalue weighted by Gasteiger charge is 2.26. The summed E-state index contributed by atoms with van der Waals surface area (Å²) in [6.45, 7) is 10.4. The molecular weight excluding hydrogens is 352 g/mol. The van der Waals surface area contributed by atoms with Gasteiger partial charge in [-0.25, -0.2) is 8.61 Å². The van der Waals surface area contributed by atoms with Crippen LogP contribution in [0.5, 0.6) is 0 Å². The Bertz CT molecular complexity index is 657. The Labute approximate surface area is 158 Å². The Balaban J connectivity index is 1.56. The average Bonchev–Trinajstić information content (AvgIpc) is 3.08. The molecule has 1 aromatic carbocycles. The standard InChI is InChI=1S/C18H26N4OS2/c1-4-21(5-2)24-16-8-10-17(11-9-16)25-22-12-6-7-15(13-22)18-19-14(3)20-23-18/h8-11,15H,4-7,12-13H2,1-3H3. The lowest BCUT2D eigenvalue weighted by molar-refractivity contribution is 0.277. The molecule has 0 saturated carbocycles. The van der Waals surface area contributed by atoms with Crippen molar-refractivity contribution in [3.8, 4) is 0 Å². The molecule has 3 rings (SSSR count). The fourth-order valence-electron chi connectivity index (χ4n) is 2.92. The number of rotatable bonds is 7. The maximum Gasteiger partial charge on any atom is 0.231 e. The SMILES string of the molecule is CCN(CC)Sc1ccc(SN2CCCC(c3nc(C)no3)C2)cc1. The molecule has 1 aromatic heterocycles. The van der Waals surface area contributed by atoms with E-state index in [9.17, 15) is 0 Å². The van der Waals surface area contributed by atoms with Crippen LogP contribution >= 0.6 is 23.9 Å². The van der Waals surface area contributed by atoms with Crippen LogP contribution in [0, 0.1) is 6.92 Å². The molecule has 7 heteroatoms. The van der Waals surface area contributed by atoms with Crippen LogP contribution in [-0.4, -0.2) is 44.9 Å². The molecule has 1 fully saturated rings. The normalized spacial score (nSPS) is 18.8. The zero-order valence-electron chi connectivity index (χ0n) is 15.1. The molecule has 0 spiro atoms. The zero-order valence-corrected chi connectivity index (χ0v) is 16.8. The highest BCUT2D eigenvalue weighted by atomic mass is 32.2. The van der Waals surface area contributed by atoms with Gasteiger partial charge in [-0.15, -0.1) is 0 Å². The molecule has 2 heterocycles. The van der Waals surface area contributed by atoms with Gasteiger partial charge in [-0.3, -0.25) is 0 Å². The van der Waals surface area contributed by atoms with Crippen LogP contribution in [0.1, 0.15) is 44.3 Å². The fourth-order valence-corrected chi connectivity index (χ4v) is 4.76. The third-order valence-corrected chi connectivity index (χ3v) is 6.61. The summed E-state index contributed by atoms with van der Waals surface area (Å²) in [4.78, 5) is 6.99. The summed E-state index contributed by atoms with van der Waals surface area (Å²) in [6.07, 6.45) is 2.28. The van der Waals surface area contributed by atoms with E-state index in [1.165, 1.54) is 9.79 Å². The molecule has 25 heavy (non-hydrogen) atoms. The van der Waals surface area contributed by atoms with Crippen molar-refractivity contribution in [2.24, 2.45) is 0 Å². The molecule has 0 bridgehead atoms. The Morgan fingerprint density at radius 3 is 2.56 bits per heavy atom. The molecular formula is C18H26N4OS2. The molecule has 0 amide bonds. The summed E-state index contributed by atoms with van der Waals surface area (Å²) in [6, 6.07) is 8.87. The second kappa shape index (κ2) is 9.07. The lowest BCUT2D eigenvalue weighted by Gasteiger charge is -2.29. The Morgan fingerprint density at radius 1 is 1.20 bits per heavy atom. The van der Waals surface area contributed by atoms with Crippen molar-refractivity contribution in [2.75, 3.05) is 26.2 Å². The number of benzene rings is 1. The number of piperidine rings is 1. The van der Waals surface area contributed by atoms with Crippen LogP contribution in [0.3, 0.4) is 0 Å². The summed E-state index contributed by atoms with van der Waals surface area (Å²) < 4.78 is 10.1. The predicted octanol–water partition coefficient (Wildman–Crippen LogP) is 4.61. The van der Waals surface area contributed by atoms with E-state index in [1.807, 2.05) is 30.8 Å². The molecule has 1 aliphatic heterocycles. The molecule has 0 radical (unpaired) electrons. The van der Waals surface area contributed by atoms with Gasteiger partial charge in [-0.05, 0) is 67.9 Å². The Kier molecular flexibility index (Phi) is 6.81. The van der Waals surface area contributed by atoms with Gasteiger partial charge in [0.1, 0.15) is 0 Å². The highest BCUT2D eigenvalue weighted by Crippen LogP contribution is 2.33. The van der Waals surface area contributed by atoms with E-state index in [1.54, 1.807) is 0 Å².